The molecule has 2 aromatic rings. The Hall–Kier alpha value is -1.52. The fourth-order valence-electron chi connectivity index (χ4n) is 2.60. The number of aliphatic imine (C=N–C) groups is 1. The lowest BCUT2D eigenvalue weighted by atomic mass is 10.1. The Bertz CT molecular complexity index is 725. The number of rotatable bonds is 9. The van der Waals surface area contributed by atoms with Crippen molar-refractivity contribution in [2.75, 3.05) is 33.9 Å². The van der Waals surface area contributed by atoms with Crippen molar-refractivity contribution in [1.29, 1.82) is 0 Å². The summed E-state index contributed by atoms with van der Waals surface area (Å²) in [7, 11) is 3.17. The topological polar surface area (TPSA) is 75.1 Å². The minimum absolute atomic E-state index is 0. The van der Waals surface area contributed by atoms with Gasteiger partial charge in [0, 0.05) is 25.6 Å². The second-order valence-corrected chi connectivity index (χ2v) is 6.97. The van der Waals surface area contributed by atoms with E-state index in [0.717, 1.165) is 12.1 Å². The third-order valence-electron chi connectivity index (χ3n) is 4.23. The van der Waals surface area contributed by atoms with Crippen molar-refractivity contribution in [1.82, 2.24) is 10.6 Å². The standard InChI is InChI=1S/C20H29N3O3S.HI/c1-5-21-20(22-11-14(2)16-8-9-27-13-16)23-12-17(24)15-6-7-18(25-3)19(10-15)26-4;/h6-10,13-14,17,24H,5,11-12H2,1-4H3,(H2,21,22,23);1H. The summed E-state index contributed by atoms with van der Waals surface area (Å²) in [5.41, 5.74) is 2.05. The van der Waals surface area contributed by atoms with Crippen LogP contribution in [-0.2, 0) is 0 Å². The van der Waals surface area contributed by atoms with Crippen LogP contribution < -0.4 is 20.1 Å². The highest BCUT2D eigenvalue weighted by atomic mass is 127. The van der Waals surface area contributed by atoms with Gasteiger partial charge in [0.15, 0.2) is 17.5 Å². The van der Waals surface area contributed by atoms with Gasteiger partial charge in [0.05, 0.1) is 20.3 Å². The van der Waals surface area contributed by atoms with Crippen LogP contribution in [0.2, 0.25) is 0 Å². The SMILES string of the molecule is CCNC(=NCC(C)c1ccsc1)NCC(O)c1ccc(OC)c(OC)c1.I. The molecular weight excluding hydrogens is 489 g/mol. The molecule has 0 fully saturated rings. The lowest BCUT2D eigenvalue weighted by molar-refractivity contribution is 0.180. The van der Waals surface area contributed by atoms with Crippen LogP contribution in [0, 0.1) is 0 Å². The van der Waals surface area contributed by atoms with E-state index in [4.69, 9.17) is 9.47 Å². The maximum atomic E-state index is 10.5. The molecule has 2 atom stereocenters. The number of nitrogens with zero attached hydrogens (tertiary/aromatic N) is 1. The highest BCUT2D eigenvalue weighted by Gasteiger charge is 2.13. The molecule has 28 heavy (non-hydrogen) atoms. The van der Waals surface area contributed by atoms with Crippen LogP contribution in [0.5, 0.6) is 11.5 Å². The number of methoxy groups -OCH3 is 2. The van der Waals surface area contributed by atoms with E-state index < -0.39 is 6.10 Å². The highest BCUT2D eigenvalue weighted by Crippen LogP contribution is 2.29. The number of hydrogen-bond donors (Lipinski definition) is 3. The van der Waals surface area contributed by atoms with E-state index in [-0.39, 0.29) is 24.0 Å². The number of ether oxygens (including phenoxy) is 2. The van der Waals surface area contributed by atoms with Gasteiger partial charge in [-0.05, 0) is 47.0 Å². The first-order valence-electron chi connectivity index (χ1n) is 9.03. The van der Waals surface area contributed by atoms with Gasteiger partial charge < -0.3 is 25.2 Å². The smallest absolute Gasteiger partial charge is 0.191 e. The Kier molecular flexibility index (Phi) is 11.2. The van der Waals surface area contributed by atoms with Crippen LogP contribution in [0.4, 0.5) is 0 Å². The Balaban J connectivity index is 0.00000392. The second kappa shape index (κ2) is 12.8. The Morgan fingerprint density at radius 1 is 1.14 bits per heavy atom. The minimum Gasteiger partial charge on any atom is -0.493 e. The average Bonchev–Trinajstić information content (AvgIpc) is 3.23. The summed E-state index contributed by atoms with van der Waals surface area (Å²) >= 11 is 1.70. The van der Waals surface area contributed by atoms with Crippen LogP contribution in [0.3, 0.4) is 0 Å². The molecule has 1 aromatic carbocycles. The third-order valence-corrected chi connectivity index (χ3v) is 4.94. The first-order chi connectivity index (χ1) is 13.1. The number of halogens is 1. The molecule has 0 aliphatic carbocycles. The van der Waals surface area contributed by atoms with Crippen LogP contribution in [-0.4, -0.2) is 44.9 Å². The van der Waals surface area contributed by atoms with E-state index in [1.807, 2.05) is 13.0 Å². The zero-order valence-corrected chi connectivity index (χ0v) is 19.9. The van der Waals surface area contributed by atoms with Gasteiger partial charge in [-0.2, -0.15) is 11.3 Å². The van der Waals surface area contributed by atoms with E-state index >= 15 is 0 Å². The molecule has 1 aromatic heterocycles. The molecule has 0 aliphatic rings. The number of aliphatic hydroxyl groups excluding tert-OH is 1. The predicted molar refractivity (Wildman–Crippen MR) is 127 cm³/mol. The zero-order valence-electron chi connectivity index (χ0n) is 16.8. The molecule has 0 spiro atoms. The van der Waals surface area contributed by atoms with E-state index in [1.165, 1.54) is 5.56 Å². The Labute approximate surface area is 188 Å². The molecule has 8 heteroatoms. The third kappa shape index (κ3) is 7.14. The number of guanidine groups is 1. The number of nitrogens with one attached hydrogen (secondary N) is 2. The molecule has 0 saturated carbocycles. The molecule has 0 radical (unpaired) electrons. The van der Waals surface area contributed by atoms with Gasteiger partial charge in [-0.1, -0.05) is 13.0 Å². The van der Waals surface area contributed by atoms with Crippen LogP contribution >= 0.6 is 35.3 Å². The van der Waals surface area contributed by atoms with Gasteiger partial charge in [0.25, 0.3) is 0 Å². The molecule has 0 bridgehead atoms. The average molecular weight is 519 g/mol. The first-order valence-corrected chi connectivity index (χ1v) is 9.97. The first kappa shape index (κ1) is 24.5. The number of benzene rings is 1. The largest absolute Gasteiger partial charge is 0.493 e. The van der Waals surface area contributed by atoms with E-state index in [1.54, 1.807) is 37.7 Å². The van der Waals surface area contributed by atoms with Crippen molar-refractivity contribution in [2.24, 2.45) is 4.99 Å². The molecule has 156 valence electrons. The molecule has 3 N–H and O–H groups in total. The molecule has 2 rings (SSSR count). The highest BCUT2D eigenvalue weighted by molar-refractivity contribution is 14.0. The van der Waals surface area contributed by atoms with Crippen LogP contribution in [0.1, 0.15) is 37.0 Å². The molecular formula is C20H30IN3O3S. The maximum absolute atomic E-state index is 10.5. The number of hydrogen-bond acceptors (Lipinski definition) is 5. The Morgan fingerprint density at radius 2 is 1.89 bits per heavy atom. The van der Waals surface area contributed by atoms with Crippen molar-refractivity contribution >= 4 is 41.3 Å². The lowest BCUT2D eigenvalue weighted by Crippen LogP contribution is -2.39. The van der Waals surface area contributed by atoms with Gasteiger partial charge in [0.2, 0.25) is 0 Å². The molecule has 0 saturated heterocycles. The summed E-state index contributed by atoms with van der Waals surface area (Å²) in [6.45, 7) is 5.95. The zero-order chi connectivity index (χ0) is 19.6. The molecule has 2 unspecified atom stereocenters. The van der Waals surface area contributed by atoms with Crippen LogP contribution in [0.25, 0.3) is 0 Å². The summed E-state index contributed by atoms with van der Waals surface area (Å²) in [6.07, 6.45) is -0.692. The summed E-state index contributed by atoms with van der Waals surface area (Å²) < 4.78 is 10.5. The monoisotopic (exact) mass is 519 g/mol. The van der Waals surface area contributed by atoms with Crippen molar-refractivity contribution in [3.8, 4) is 11.5 Å². The van der Waals surface area contributed by atoms with Gasteiger partial charge in [-0.15, -0.1) is 24.0 Å². The lowest BCUT2D eigenvalue weighted by Gasteiger charge is -2.17. The molecule has 0 amide bonds. The van der Waals surface area contributed by atoms with Crippen molar-refractivity contribution in [3.05, 3.63) is 46.2 Å². The van der Waals surface area contributed by atoms with Crippen LogP contribution in [0.15, 0.2) is 40.0 Å². The second-order valence-electron chi connectivity index (χ2n) is 6.19. The van der Waals surface area contributed by atoms with Gasteiger partial charge >= 0.3 is 0 Å². The van der Waals surface area contributed by atoms with E-state index in [9.17, 15) is 5.11 Å². The van der Waals surface area contributed by atoms with E-state index in [2.05, 4.69) is 39.4 Å². The summed E-state index contributed by atoms with van der Waals surface area (Å²) in [5.74, 6) is 2.28. The molecule has 6 nitrogen and oxygen atoms in total. The number of aliphatic hydroxyl groups is 1. The van der Waals surface area contributed by atoms with Crippen molar-refractivity contribution < 1.29 is 14.6 Å². The fraction of sp³-hybridized carbons (Fsp3) is 0.450. The predicted octanol–water partition coefficient (Wildman–Crippen LogP) is 3.78. The minimum atomic E-state index is -0.692. The van der Waals surface area contributed by atoms with E-state index in [0.29, 0.717) is 36.5 Å². The van der Waals surface area contributed by atoms with Gasteiger partial charge in [0.1, 0.15) is 0 Å². The quantitative estimate of drug-likeness (QED) is 0.267. The van der Waals surface area contributed by atoms with Crippen molar-refractivity contribution in [2.45, 2.75) is 25.9 Å². The summed E-state index contributed by atoms with van der Waals surface area (Å²) in [6, 6.07) is 7.54. The Morgan fingerprint density at radius 3 is 2.50 bits per heavy atom. The maximum Gasteiger partial charge on any atom is 0.191 e. The fourth-order valence-corrected chi connectivity index (χ4v) is 3.38. The normalized spacial score (nSPS) is 13.2. The van der Waals surface area contributed by atoms with Gasteiger partial charge in [-0.3, -0.25) is 4.99 Å². The van der Waals surface area contributed by atoms with Crippen molar-refractivity contribution in [3.63, 3.8) is 0 Å². The summed E-state index contributed by atoms with van der Waals surface area (Å²) in [5, 5.41) is 21.2. The molecule has 1 heterocycles. The summed E-state index contributed by atoms with van der Waals surface area (Å²) in [4.78, 5) is 4.64. The van der Waals surface area contributed by atoms with Gasteiger partial charge in [-0.25, -0.2) is 0 Å². The molecule has 0 aliphatic heterocycles. The number of thiophene rings is 1.